The summed E-state index contributed by atoms with van der Waals surface area (Å²) >= 11 is 0. The van der Waals surface area contributed by atoms with Crippen molar-refractivity contribution in [3.05, 3.63) is 71.8 Å². The van der Waals surface area contributed by atoms with Crippen LogP contribution in [-0.4, -0.2) is 54.3 Å². The fourth-order valence-electron chi connectivity index (χ4n) is 3.84. The second-order valence-corrected chi connectivity index (χ2v) is 7.76. The molecule has 0 aromatic heterocycles. The first-order valence-electron chi connectivity index (χ1n) is 10.4. The van der Waals surface area contributed by atoms with Gasteiger partial charge in [-0.05, 0) is 24.0 Å². The van der Waals surface area contributed by atoms with Crippen molar-refractivity contribution in [2.45, 2.75) is 38.3 Å². The zero-order valence-electron chi connectivity index (χ0n) is 17.2. The molecule has 2 amide bonds. The summed E-state index contributed by atoms with van der Waals surface area (Å²) in [5.41, 5.74) is 2.32. The van der Waals surface area contributed by atoms with E-state index in [1.165, 1.54) is 5.56 Å². The molecular weight excluding hydrogens is 362 g/mol. The van der Waals surface area contributed by atoms with Crippen molar-refractivity contribution in [3.8, 4) is 0 Å². The molecule has 3 rings (SSSR count). The van der Waals surface area contributed by atoms with Gasteiger partial charge in [-0.3, -0.25) is 14.5 Å². The van der Waals surface area contributed by atoms with Gasteiger partial charge in [-0.1, -0.05) is 60.7 Å². The van der Waals surface area contributed by atoms with Crippen LogP contribution in [0.25, 0.3) is 0 Å². The van der Waals surface area contributed by atoms with E-state index >= 15 is 0 Å². The van der Waals surface area contributed by atoms with Crippen LogP contribution in [0.4, 0.5) is 0 Å². The van der Waals surface area contributed by atoms with E-state index < -0.39 is 0 Å². The van der Waals surface area contributed by atoms with E-state index in [0.29, 0.717) is 19.4 Å². The summed E-state index contributed by atoms with van der Waals surface area (Å²) in [4.78, 5) is 28.9. The number of carbonyl (C=O) groups is 2. The zero-order valence-corrected chi connectivity index (χ0v) is 17.2. The van der Waals surface area contributed by atoms with Crippen molar-refractivity contribution >= 4 is 11.8 Å². The molecule has 29 heavy (non-hydrogen) atoms. The van der Waals surface area contributed by atoms with E-state index in [4.69, 9.17) is 0 Å². The standard InChI is InChI=1S/C24H31N3O2/c1-26(22-13-16-27(17-14-22)19-21-10-6-3-7-11-21)24(29)12-15-25-23(28)18-20-8-4-2-5-9-20/h2-11,22H,12-19H2,1H3,(H,25,28). The fraction of sp³-hybridized carbons (Fsp3) is 0.417. The number of carbonyl (C=O) groups excluding carboxylic acids is 2. The number of hydrogen-bond acceptors (Lipinski definition) is 3. The smallest absolute Gasteiger partial charge is 0.224 e. The lowest BCUT2D eigenvalue weighted by Gasteiger charge is -2.36. The number of nitrogens with one attached hydrogen (secondary N) is 1. The van der Waals surface area contributed by atoms with Crippen LogP contribution in [0.3, 0.4) is 0 Å². The van der Waals surface area contributed by atoms with Gasteiger partial charge >= 0.3 is 0 Å². The average molecular weight is 394 g/mol. The number of rotatable bonds is 8. The van der Waals surface area contributed by atoms with Gasteiger partial charge in [0.2, 0.25) is 11.8 Å². The molecule has 0 spiro atoms. The molecule has 5 heteroatoms. The maximum Gasteiger partial charge on any atom is 0.224 e. The highest BCUT2D eigenvalue weighted by molar-refractivity contribution is 5.80. The third-order valence-electron chi connectivity index (χ3n) is 5.62. The van der Waals surface area contributed by atoms with E-state index in [1.54, 1.807) is 0 Å². The van der Waals surface area contributed by atoms with Crippen LogP contribution >= 0.6 is 0 Å². The van der Waals surface area contributed by atoms with Crippen molar-refractivity contribution < 1.29 is 9.59 Å². The summed E-state index contributed by atoms with van der Waals surface area (Å²) in [6.45, 7) is 3.37. The number of likely N-dealkylation sites (tertiary alicyclic amines) is 1. The van der Waals surface area contributed by atoms with Gasteiger partial charge < -0.3 is 10.2 Å². The topological polar surface area (TPSA) is 52.7 Å². The third kappa shape index (κ3) is 6.71. The Bertz CT molecular complexity index is 771. The lowest BCUT2D eigenvalue weighted by atomic mass is 10.0. The van der Waals surface area contributed by atoms with Crippen molar-refractivity contribution in [2.75, 3.05) is 26.7 Å². The largest absolute Gasteiger partial charge is 0.355 e. The Hall–Kier alpha value is -2.66. The van der Waals surface area contributed by atoms with Crippen LogP contribution in [-0.2, 0) is 22.6 Å². The molecule has 1 aliphatic rings. The van der Waals surface area contributed by atoms with Crippen LogP contribution in [0.15, 0.2) is 60.7 Å². The van der Waals surface area contributed by atoms with Gasteiger partial charge in [-0.25, -0.2) is 0 Å². The first kappa shape index (κ1) is 21.1. The molecule has 1 saturated heterocycles. The SMILES string of the molecule is CN(C(=O)CCNC(=O)Cc1ccccc1)C1CCN(Cc2ccccc2)CC1. The Morgan fingerprint density at radius 1 is 0.966 bits per heavy atom. The van der Waals surface area contributed by atoms with Gasteiger partial charge in [-0.15, -0.1) is 0 Å². The van der Waals surface area contributed by atoms with Crippen molar-refractivity contribution in [2.24, 2.45) is 0 Å². The molecule has 0 aliphatic carbocycles. The lowest BCUT2D eigenvalue weighted by molar-refractivity contribution is -0.132. The highest BCUT2D eigenvalue weighted by atomic mass is 16.2. The minimum Gasteiger partial charge on any atom is -0.355 e. The number of nitrogens with zero attached hydrogens (tertiary/aromatic N) is 2. The van der Waals surface area contributed by atoms with Gasteiger partial charge in [0.05, 0.1) is 6.42 Å². The summed E-state index contributed by atoms with van der Waals surface area (Å²) in [6, 6.07) is 20.4. The Morgan fingerprint density at radius 3 is 2.17 bits per heavy atom. The summed E-state index contributed by atoms with van der Waals surface area (Å²) < 4.78 is 0. The van der Waals surface area contributed by atoms with Crippen molar-refractivity contribution in [3.63, 3.8) is 0 Å². The van der Waals surface area contributed by atoms with Gasteiger partial charge in [0.1, 0.15) is 0 Å². The van der Waals surface area contributed by atoms with E-state index in [1.807, 2.05) is 48.3 Å². The van der Waals surface area contributed by atoms with E-state index in [9.17, 15) is 9.59 Å². The molecule has 0 saturated carbocycles. The minimum absolute atomic E-state index is 0.0409. The quantitative estimate of drug-likeness (QED) is 0.750. The number of amides is 2. The van der Waals surface area contributed by atoms with Crippen LogP contribution in [0.5, 0.6) is 0 Å². The Morgan fingerprint density at radius 2 is 1.55 bits per heavy atom. The van der Waals surface area contributed by atoms with Gasteiger partial charge in [0.15, 0.2) is 0 Å². The molecule has 154 valence electrons. The van der Waals surface area contributed by atoms with E-state index in [2.05, 4.69) is 34.5 Å². The summed E-state index contributed by atoms with van der Waals surface area (Å²) in [6.07, 6.45) is 2.69. The molecule has 0 unspecified atom stereocenters. The van der Waals surface area contributed by atoms with Crippen LogP contribution < -0.4 is 5.32 Å². The van der Waals surface area contributed by atoms with E-state index in [-0.39, 0.29) is 17.9 Å². The van der Waals surface area contributed by atoms with Gasteiger partial charge in [-0.2, -0.15) is 0 Å². The molecule has 0 atom stereocenters. The average Bonchev–Trinajstić information content (AvgIpc) is 2.75. The molecule has 0 radical (unpaired) electrons. The lowest BCUT2D eigenvalue weighted by Crippen LogP contribution is -2.46. The fourth-order valence-corrected chi connectivity index (χ4v) is 3.84. The second kappa shape index (κ2) is 10.8. The highest BCUT2D eigenvalue weighted by Gasteiger charge is 2.25. The normalized spacial score (nSPS) is 15.1. The molecular formula is C24H31N3O2. The molecule has 0 bridgehead atoms. The predicted octanol–water partition coefficient (Wildman–Crippen LogP) is 2.86. The third-order valence-corrected chi connectivity index (χ3v) is 5.62. The highest BCUT2D eigenvalue weighted by Crippen LogP contribution is 2.18. The number of hydrogen-bond donors (Lipinski definition) is 1. The van der Waals surface area contributed by atoms with Crippen LogP contribution in [0, 0.1) is 0 Å². The Labute approximate surface area is 173 Å². The summed E-state index contributed by atoms with van der Waals surface area (Å²) in [7, 11) is 1.89. The molecule has 5 nitrogen and oxygen atoms in total. The molecule has 1 aliphatic heterocycles. The maximum atomic E-state index is 12.5. The minimum atomic E-state index is -0.0409. The number of piperidine rings is 1. The van der Waals surface area contributed by atoms with Crippen molar-refractivity contribution in [1.29, 1.82) is 0 Å². The predicted molar refractivity (Wildman–Crippen MR) is 115 cm³/mol. The Kier molecular flexibility index (Phi) is 7.82. The molecule has 1 N–H and O–H groups in total. The number of benzene rings is 2. The summed E-state index contributed by atoms with van der Waals surface area (Å²) in [5, 5.41) is 2.86. The van der Waals surface area contributed by atoms with Gasteiger partial charge in [0.25, 0.3) is 0 Å². The molecule has 2 aromatic rings. The molecule has 2 aromatic carbocycles. The maximum absolute atomic E-state index is 12.5. The monoisotopic (exact) mass is 393 g/mol. The zero-order chi connectivity index (χ0) is 20.5. The summed E-state index contributed by atoms with van der Waals surface area (Å²) in [5.74, 6) is 0.0624. The van der Waals surface area contributed by atoms with E-state index in [0.717, 1.165) is 38.0 Å². The van der Waals surface area contributed by atoms with Crippen LogP contribution in [0.2, 0.25) is 0 Å². The van der Waals surface area contributed by atoms with Crippen LogP contribution in [0.1, 0.15) is 30.4 Å². The molecule has 1 fully saturated rings. The first-order valence-corrected chi connectivity index (χ1v) is 10.4. The molecule has 1 heterocycles. The second-order valence-electron chi connectivity index (χ2n) is 7.76. The van der Waals surface area contributed by atoms with Crippen molar-refractivity contribution in [1.82, 2.24) is 15.1 Å². The van der Waals surface area contributed by atoms with Gasteiger partial charge in [0, 0.05) is 45.7 Å². The Balaban J connectivity index is 1.34. The first-order chi connectivity index (χ1) is 14.1.